The molecule has 0 aromatic carbocycles. The predicted octanol–water partition coefficient (Wildman–Crippen LogP) is 3.12. The van der Waals surface area contributed by atoms with Crippen LogP contribution >= 0.6 is 0 Å². The summed E-state index contributed by atoms with van der Waals surface area (Å²) in [5.74, 6) is 0.579. The maximum absolute atomic E-state index is 9.63. The summed E-state index contributed by atoms with van der Waals surface area (Å²) in [6.07, 6.45) is 8.58. The van der Waals surface area contributed by atoms with Crippen LogP contribution in [0.2, 0.25) is 0 Å². The fourth-order valence-corrected chi connectivity index (χ4v) is 2.80. The van der Waals surface area contributed by atoms with Crippen LogP contribution in [-0.4, -0.2) is 30.0 Å². The highest BCUT2D eigenvalue weighted by molar-refractivity contribution is 6.54. The number of hydrogen-bond donors (Lipinski definition) is 1. The van der Waals surface area contributed by atoms with Crippen molar-refractivity contribution in [1.82, 2.24) is 0 Å². The lowest BCUT2D eigenvalue weighted by molar-refractivity contribution is 0.00578. The Morgan fingerprint density at radius 3 is 2.11 bits per heavy atom. The van der Waals surface area contributed by atoms with Crippen LogP contribution < -0.4 is 0 Å². The van der Waals surface area contributed by atoms with Crippen LogP contribution in [0.15, 0.2) is 11.5 Å². The molecule has 0 atom stereocenters. The topological polar surface area (TPSA) is 38.7 Å². The van der Waals surface area contributed by atoms with Crippen LogP contribution in [-0.2, 0) is 9.31 Å². The van der Waals surface area contributed by atoms with E-state index in [1.165, 1.54) is 32.1 Å². The largest absolute Gasteiger partial charge is 0.492 e. The SMILES string of the molecule is CC1(C)OB(/C(=C\C2CCCCC2)CO)OC1(C)C. The van der Waals surface area contributed by atoms with E-state index in [0.29, 0.717) is 5.92 Å². The summed E-state index contributed by atoms with van der Waals surface area (Å²) < 4.78 is 12.0. The first-order valence-electron chi connectivity index (χ1n) is 7.53. The summed E-state index contributed by atoms with van der Waals surface area (Å²) in [5.41, 5.74) is 0.224. The molecule has 0 bridgehead atoms. The van der Waals surface area contributed by atoms with E-state index in [2.05, 4.69) is 6.08 Å². The van der Waals surface area contributed by atoms with Gasteiger partial charge in [-0.2, -0.15) is 0 Å². The summed E-state index contributed by atoms with van der Waals surface area (Å²) in [5, 5.41) is 9.63. The molecule has 0 radical (unpaired) electrons. The van der Waals surface area contributed by atoms with E-state index < -0.39 is 7.12 Å². The van der Waals surface area contributed by atoms with Crippen LogP contribution in [0.25, 0.3) is 0 Å². The van der Waals surface area contributed by atoms with E-state index in [1.54, 1.807) is 0 Å². The molecular formula is C15H27BO3. The second-order valence-corrected chi connectivity index (χ2v) is 6.89. The van der Waals surface area contributed by atoms with Crippen molar-refractivity contribution in [2.75, 3.05) is 6.61 Å². The zero-order valence-corrected chi connectivity index (χ0v) is 12.7. The highest BCUT2D eigenvalue weighted by Gasteiger charge is 2.52. The lowest BCUT2D eigenvalue weighted by Gasteiger charge is -2.32. The van der Waals surface area contributed by atoms with E-state index in [0.717, 1.165) is 5.47 Å². The van der Waals surface area contributed by atoms with Crippen molar-refractivity contribution in [2.45, 2.75) is 71.0 Å². The third-order valence-corrected chi connectivity index (χ3v) is 4.84. The molecule has 1 aliphatic heterocycles. The summed E-state index contributed by atoms with van der Waals surface area (Å²) >= 11 is 0. The molecule has 2 aliphatic rings. The molecule has 0 aromatic rings. The molecule has 0 spiro atoms. The van der Waals surface area contributed by atoms with Gasteiger partial charge in [-0.1, -0.05) is 25.3 Å². The van der Waals surface area contributed by atoms with Crippen LogP contribution in [0.1, 0.15) is 59.8 Å². The standard InChI is InChI=1S/C15H27BO3/c1-14(2)15(3,4)19-16(18-14)13(11-17)10-12-8-6-5-7-9-12/h10,12,17H,5-9,11H2,1-4H3/b13-10-. The van der Waals surface area contributed by atoms with E-state index in [4.69, 9.17) is 9.31 Å². The van der Waals surface area contributed by atoms with E-state index >= 15 is 0 Å². The van der Waals surface area contributed by atoms with Crippen LogP contribution in [0.4, 0.5) is 0 Å². The van der Waals surface area contributed by atoms with Crippen molar-refractivity contribution >= 4 is 7.12 Å². The molecule has 1 heterocycles. The Kier molecular flexibility index (Phi) is 4.43. The maximum atomic E-state index is 9.63. The van der Waals surface area contributed by atoms with E-state index in [9.17, 15) is 5.11 Å². The van der Waals surface area contributed by atoms with Gasteiger partial charge in [0.15, 0.2) is 0 Å². The third kappa shape index (κ3) is 3.23. The van der Waals surface area contributed by atoms with Crippen molar-refractivity contribution in [3.8, 4) is 0 Å². The molecule has 0 aromatic heterocycles. The normalized spacial score (nSPS) is 27.8. The molecule has 108 valence electrons. The van der Waals surface area contributed by atoms with Crippen LogP contribution in [0, 0.1) is 5.92 Å². The summed E-state index contributed by atoms with van der Waals surface area (Å²) in [7, 11) is -0.392. The fraction of sp³-hybridized carbons (Fsp3) is 0.867. The van der Waals surface area contributed by atoms with Gasteiger partial charge in [-0.05, 0) is 51.9 Å². The molecule has 0 unspecified atom stereocenters. The van der Waals surface area contributed by atoms with Gasteiger partial charge in [-0.25, -0.2) is 0 Å². The van der Waals surface area contributed by atoms with Crippen molar-refractivity contribution in [3.05, 3.63) is 11.5 Å². The molecule has 1 aliphatic carbocycles. The van der Waals surface area contributed by atoms with Gasteiger partial charge in [-0.3, -0.25) is 0 Å². The molecule has 0 amide bonds. The third-order valence-electron chi connectivity index (χ3n) is 4.84. The Labute approximate surface area is 117 Å². The van der Waals surface area contributed by atoms with Crippen molar-refractivity contribution < 1.29 is 14.4 Å². The summed E-state index contributed by atoms with van der Waals surface area (Å²) in [6, 6.07) is 0. The van der Waals surface area contributed by atoms with Crippen molar-refractivity contribution in [2.24, 2.45) is 5.92 Å². The number of hydrogen-bond acceptors (Lipinski definition) is 3. The number of aliphatic hydroxyl groups excluding tert-OH is 1. The second-order valence-electron chi connectivity index (χ2n) is 6.89. The first-order chi connectivity index (χ1) is 8.86. The van der Waals surface area contributed by atoms with E-state index in [1.807, 2.05) is 27.7 Å². The van der Waals surface area contributed by atoms with Gasteiger partial charge in [-0.15, -0.1) is 0 Å². The highest BCUT2D eigenvalue weighted by Crippen LogP contribution is 2.39. The van der Waals surface area contributed by atoms with E-state index in [-0.39, 0.29) is 17.8 Å². The molecule has 19 heavy (non-hydrogen) atoms. The van der Waals surface area contributed by atoms with Crippen LogP contribution in [0.5, 0.6) is 0 Å². The summed E-state index contributed by atoms with van der Waals surface area (Å²) in [6.45, 7) is 8.20. The monoisotopic (exact) mass is 266 g/mol. The van der Waals surface area contributed by atoms with Gasteiger partial charge >= 0.3 is 7.12 Å². The molecule has 1 N–H and O–H groups in total. The van der Waals surface area contributed by atoms with Gasteiger partial charge in [0.1, 0.15) is 0 Å². The van der Waals surface area contributed by atoms with Crippen LogP contribution in [0.3, 0.4) is 0 Å². The van der Waals surface area contributed by atoms with Gasteiger partial charge < -0.3 is 14.4 Å². The molecule has 3 nitrogen and oxygen atoms in total. The first kappa shape index (κ1) is 15.1. The number of rotatable bonds is 3. The number of aliphatic hydroxyl groups is 1. The van der Waals surface area contributed by atoms with Gasteiger partial charge in [0.25, 0.3) is 0 Å². The Morgan fingerprint density at radius 1 is 1.11 bits per heavy atom. The predicted molar refractivity (Wildman–Crippen MR) is 77.8 cm³/mol. The highest BCUT2D eigenvalue weighted by atomic mass is 16.7. The van der Waals surface area contributed by atoms with Crippen molar-refractivity contribution in [3.63, 3.8) is 0 Å². The van der Waals surface area contributed by atoms with Crippen molar-refractivity contribution in [1.29, 1.82) is 0 Å². The summed E-state index contributed by atoms with van der Waals surface area (Å²) in [4.78, 5) is 0. The van der Waals surface area contributed by atoms with Gasteiger partial charge in [0, 0.05) is 0 Å². The average Bonchev–Trinajstić information content (AvgIpc) is 2.56. The first-order valence-corrected chi connectivity index (χ1v) is 7.53. The Balaban J connectivity index is 2.08. The van der Waals surface area contributed by atoms with Gasteiger partial charge in [0.05, 0.1) is 17.8 Å². The second kappa shape index (κ2) is 5.59. The smallest absolute Gasteiger partial charge is 0.400 e. The fourth-order valence-electron chi connectivity index (χ4n) is 2.80. The van der Waals surface area contributed by atoms with Gasteiger partial charge in [0.2, 0.25) is 0 Å². The molecule has 2 rings (SSSR count). The average molecular weight is 266 g/mol. The lowest BCUT2D eigenvalue weighted by atomic mass is 9.75. The quantitative estimate of drug-likeness (QED) is 0.798. The molecule has 4 heteroatoms. The molecular weight excluding hydrogens is 239 g/mol. The number of allylic oxidation sites excluding steroid dienone is 1. The maximum Gasteiger partial charge on any atom is 0.492 e. The molecule has 2 fully saturated rings. The molecule has 1 saturated carbocycles. The minimum Gasteiger partial charge on any atom is -0.400 e. The Morgan fingerprint density at radius 2 is 1.63 bits per heavy atom. The zero-order chi connectivity index (χ0) is 14.1. The lowest BCUT2D eigenvalue weighted by Crippen LogP contribution is -2.41. The Hall–Kier alpha value is -0.315. The minimum atomic E-state index is -0.392. The molecule has 1 saturated heterocycles. The zero-order valence-electron chi connectivity index (χ0n) is 12.7. The Bertz CT molecular complexity index is 327. The minimum absolute atomic E-state index is 0.0212.